The van der Waals surface area contributed by atoms with Crippen LogP contribution in [0.4, 0.5) is 0 Å². The number of likely N-dealkylation sites (N-methyl/N-ethyl adjacent to an activating group) is 2. The fourth-order valence-corrected chi connectivity index (χ4v) is 2.82. The molecule has 0 aliphatic heterocycles. The summed E-state index contributed by atoms with van der Waals surface area (Å²) in [4.78, 5) is 2.25. The van der Waals surface area contributed by atoms with Crippen LogP contribution < -0.4 is 5.32 Å². The molecule has 0 bridgehead atoms. The molecule has 22 heavy (non-hydrogen) atoms. The molecule has 128 valence electrons. The molecule has 0 atom stereocenters. The molecule has 2 N–H and O–H groups in total. The first kappa shape index (κ1) is 19.1. The van der Waals surface area contributed by atoms with Gasteiger partial charge in [-0.15, -0.1) is 0 Å². The number of ether oxygens (including phenoxy) is 1. The third-order valence-corrected chi connectivity index (χ3v) is 4.21. The molecule has 5 heteroatoms. The van der Waals surface area contributed by atoms with E-state index in [0.29, 0.717) is 0 Å². The topological polar surface area (TPSA) is 53.2 Å². The van der Waals surface area contributed by atoms with Crippen LogP contribution in [0.5, 0.6) is 0 Å². The minimum atomic E-state index is 0.957. The smallest absolute Gasteiger partial charge is 0.0532 e. The zero-order chi connectivity index (χ0) is 16.0. The molecule has 0 amide bonds. The van der Waals surface area contributed by atoms with Crippen molar-refractivity contribution in [3.05, 3.63) is 18.0 Å². The summed E-state index contributed by atoms with van der Waals surface area (Å²) in [6.07, 6.45) is 12.3. The van der Waals surface area contributed by atoms with Gasteiger partial charge in [0.05, 0.1) is 6.20 Å². The van der Waals surface area contributed by atoms with Crippen molar-refractivity contribution < 1.29 is 4.74 Å². The van der Waals surface area contributed by atoms with E-state index in [2.05, 4.69) is 27.5 Å². The summed E-state index contributed by atoms with van der Waals surface area (Å²) in [6.45, 7) is 4.00. The number of nitrogens with zero attached hydrogens (tertiary/aromatic N) is 2. The van der Waals surface area contributed by atoms with Gasteiger partial charge < -0.3 is 15.0 Å². The number of methoxy groups -OCH3 is 1. The van der Waals surface area contributed by atoms with Crippen molar-refractivity contribution in [2.45, 2.75) is 45.1 Å². The minimum Gasteiger partial charge on any atom is -0.385 e. The molecule has 2 rings (SSSR count). The predicted molar refractivity (Wildman–Crippen MR) is 91.9 cm³/mol. The quantitative estimate of drug-likeness (QED) is 0.775. The Balaban J connectivity index is 0.000000224. The van der Waals surface area contributed by atoms with Crippen molar-refractivity contribution in [1.82, 2.24) is 20.4 Å². The van der Waals surface area contributed by atoms with Gasteiger partial charge in [-0.1, -0.05) is 32.1 Å². The van der Waals surface area contributed by atoms with E-state index >= 15 is 0 Å². The number of aromatic amines is 1. The van der Waals surface area contributed by atoms with Crippen LogP contribution in [0, 0.1) is 5.92 Å². The fourth-order valence-electron chi connectivity index (χ4n) is 2.82. The highest BCUT2D eigenvalue weighted by molar-refractivity contribution is 5.01. The van der Waals surface area contributed by atoms with Gasteiger partial charge in [0.1, 0.15) is 0 Å². The maximum atomic E-state index is 5.04. The number of hydrogen-bond acceptors (Lipinski definition) is 4. The van der Waals surface area contributed by atoms with Crippen molar-refractivity contribution >= 4 is 0 Å². The fraction of sp³-hybridized carbons (Fsp3) is 0.824. The minimum absolute atomic E-state index is 0.957. The van der Waals surface area contributed by atoms with Gasteiger partial charge in [-0.25, -0.2) is 0 Å². The van der Waals surface area contributed by atoms with Gasteiger partial charge in [-0.2, -0.15) is 5.10 Å². The Hall–Kier alpha value is -0.910. The van der Waals surface area contributed by atoms with E-state index in [-0.39, 0.29) is 0 Å². The first-order valence-electron chi connectivity index (χ1n) is 8.56. The lowest BCUT2D eigenvalue weighted by atomic mass is 9.87. The standard InChI is InChI=1S/C9H18O.C8H16N4/c1-10-8-7-9-5-3-2-4-6-9;1-9-3-4-12(2)7-8-5-10-11-6-8/h9H,2-8H2,1H3;5-6,9H,3-4,7H2,1-2H3,(H,10,11). The number of nitrogens with one attached hydrogen (secondary N) is 2. The van der Waals surface area contributed by atoms with Crippen LogP contribution in [-0.4, -0.2) is 56.0 Å². The van der Waals surface area contributed by atoms with Gasteiger partial charge in [0.2, 0.25) is 0 Å². The van der Waals surface area contributed by atoms with Crippen LogP contribution in [0.1, 0.15) is 44.1 Å². The Kier molecular flexibility index (Phi) is 11.0. The maximum absolute atomic E-state index is 5.04. The largest absolute Gasteiger partial charge is 0.385 e. The second-order valence-electron chi connectivity index (χ2n) is 6.23. The molecule has 0 aromatic carbocycles. The zero-order valence-corrected chi connectivity index (χ0v) is 14.6. The summed E-state index contributed by atoms with van der Waals surface area (Å²) < 4.78 is 5.04. The molecule has 5 nitrogen and oxygen atoms in total. The Bertz CT molecular complexity index is 336. The normalized spacial score (nSPS) is 15.6. The monoisotopic (exact) mass is 310 g/mol. The molecule has 0 spiro atoms. The van der Waals surface area contributed by atoms with Crippen molar-refractivity contribution in [2.24, 2.45) is 5.92 Å². The van der Waals surface area contributed by atoms with Gasteiger partial charge in [-0.05, 0) is 26.4 Å². The average molecular weight is 310 g/mol. The lowest BCUT2D eigenvalue weighted by Crippen LogP contribution is -2.26. The molecule has 1 fully saturated rings. The first-order chi connectivity index (χ1) is 10.8. The third-order valence-electron chi connectivity index (χ3n) is 4.21. The van der Waals surface area contributed by atoms with Crippen LogP contribution >= 0.6 is 0 Å². The summed E-state index contributed by atoms with van der Waals surface area (Å²) in [5.74, 6) is 0.980. The lowest BCUT2D eigenvalue weighted by Gasteiger charge is -2.20. The van der Waals surface area contributed by atoms with Crippen LogP contribution in [-0.2, 0) is 11.3 Å². The second-order valence-corrected chi connectivity index (χ2v) is 6.23. The number of hydrogen-bond donors (Lipinski definition) is 2. The summed E-state index contributed by atoms with van der Waals surface area (Å²) in [7, 11) is 5.86. The van der Waals surface area contributed by atoms with E-state index in [9.17, 15) is 0 Å². The second kappa shape index (κ2) is 12.6. The summed E-state index contributed by atoms with van der Waals surface area (Å²) in [5.41, 5.74) is 1.23. The van der Waals surface area contributed by atoms with Crippen molar-refractivity contribution in [3.63, 3.8) is 0 Å². The molecule has 1 heterocycles. The summed E-state index contributed by atoms with van der Waals surface area (Å²) in [5, 5.41) is 9.80. The lowest BCUT2D eigenvalue weighted by molar-refractivity contribution is 0.166. The number of aromatic nitrogens is 2. The highest BCUT2D eigenvalue weighted by Gasteiger charge is 2.11. The van der Waals surface area contributed by atoms with Crippen molar-refractivity contribution in [2.75, 3.05) is 40.9 Å². The predicted octanol–water partition coefficient (Wildman–Crippen LogP) is 2.66. The Morgan fingerprint density at radius 3 is 2.73 bits per heavy atom. The highest BCUT2D eigenvalue weighted by atomic mass is 16.5. The number of H-pyrrole nitrogens is 1. The average Bonchev–Trinajstić information content (AvgIpc) is 3.05. The van der Waals surface area contributed by atoms with Crippen LogP contribution in [0.2, 0.25) is 0 Å². The van der Waals surface area contributed by atoms with E-state index in [1.165, 1.54) is 44.1 Å². The van der Waals surface area contributed by atoms with E-state index < -0.39 is 0 Å². The SMILES string of the molecule is CNCCN(C)Cc1cn[nH]c1.COCCC1CCCCC1. The van der Waals surface area contributed by atoms with E-state index in [0.717, 1.165) is 32.2 Å². The van der Waals surface area contributed by atoms with Crippen molar-refractivity contribution in [1.29, 1.82) is 0 Å². The highest BCUT2D eigenvalue weighted by Crippen LogP contribution is 2.25. The summed E-state index contributed by atoms with van der Waals surface area (Å²) in [6, 6.07) is 0. The molecular formula is C17H34N4O. The van der Waals surface area contributed by atoms with Crippen LogP contribution in [0.3, 0.4) is 0 Å². The molecule has 1 aromatic rings. The van der Waals surface area contributed by atoms with Crippen molar-refractivity contribution in [3.8, 4) is 0 Å². The Labute approximate surface area is 135 Å². The molecule has 1 aliphatic carbocycles. The first-order valence-corrected chi connectivity index (χ1v) is 8.56. The Morgan fingerprint density at radius 2 is 2.14 bits per heavy atom. The van der Waals surface area contributed by atoms with Gasteiger partial charge in [0, 0.05) is 45.1 Å². The maximum Gasteiger partial charge on any atom is 0.0532 e. The van der Waals surface area contributed by atoms with E-state index in [1.807, 2.05) is 19.4 Å². The molecule has 0 radical (unpaired) electrons. The molecular weight excluding hydrogens is 276 g/mol. The molecule has 1 saturated carbocycles. The zero-order valence-electron chi connectivity index (χ0n) is 14.6. The number of rotatable bonds is 8. The summed E-state index contributed by atoms with van der Waals surface area (Å²) >= 11 is 0. The molecule has 1 aromatic heterocycles. The van der Waals surface area contributed by atoms with Gasteiger partial charge in [0.25, 0.3) is 0 Å². The van der Waals surface area contributed by atoms with Crippen LogP contribution in [0.15, 0.2) is 12.4 Å². The molecule has 0 saturated heterocycles. The third kappa shape index (κ3) is 9.18. The Morgan fingerprint density at radius 1 is 1.36 bits per heavy atom. The van der Waals surface area contributed by atoms with E-state index in [1.54, 1.807) is 7.11 Å². The molecule has 1 aliphatic rings. The van der Waals surface area contributed by atoms with E-state index in [4.69, 9.17) is 4.74 Å². The van der Waals surface area contributed by atoms with Gasteiger partial charge >= 0.3 is 0 Å². The molecule has 0 unspecified atom stereocenters. The van der Waals surface area contributed by atoms with Gasteiger partial charge in [-0.3, -0.25) is 5.10 Å². The van der Waals surface area contributed by atoms with Crippen LogP contribution in [0.25, 0.3) is 0 Å². The van der Waals surface area contributed by atoms with Gasteiger partial charge in [0.15, 0.2) is 0 Å².